The molecule has 1 heterocycles. The molecule has 0 radical (unpaired) electrons. The summed E-state index contributed by atoms with van der Waals surface area (Å²) < 4.78 is 44.4. The van der Waals surface area contributed by atoms with Gasteiger partial charge in [0.05, 0.1) is 27.0 Å². The fourth-order valence-corrected chi connectivity index (χ4v) is 4.00. The van der Waals surface area contributed by atoms with Gasteiger partial charge in [-0.05, 0) is 48.0 Å². The lowest BCUT2D eigenvalue weighted by Gasteiger charge is -2.15. The number of aromatic nitrogens is 1. The molecule has 3 aromatic rings. The largest absolute Gasteiger partial charge is 0.497 e. The molecule has 0 aliphatic rings. The number of pyridine rings is 1. The highest BCUT2D eigenvalue weighted by Gasteiger charge is 2.21. The van der Waals surface area contributed by atoms with Crippen molar-refractivity contribution < 1.29 is 22.6 Å². The summed E-state index contributed by atoms with van der Waals surface area (Å²) in [6.07, 6.45) is 7.04. The van der Waals surface area contributed by atoms with Gasteiger partial charge in [0.1, 0.15) is 22.1 Å². The van der Waals surface area contributed by atoms with Crippen LogP contribution in [0.2, 0.25) is 0 Å². The zero-order chi connectivity index (χ0) is 21.6. The van der Waals surface area contributed by atoms with Gasteiger partial charge in [0.25, 0.3) is 10.0 Å². The van der Waals surface area contributed by atoms with Crippen molar-refractivity contribution in [3.8, 4) is 17.2 Å². The SMILES string of the molecule is COc1ccc(NS(=O)(=O)c2ccc(OC)cc2OC)c(/C=C/c2ccncc2)c1. The molecule has 0 saturated heterocycles. The minimum Gasteiger partial charge on any atom is -0.497 e. The van der Waals surface area contributed by atoms with Gasteiger partial charge in [0.15, 0.2) is 0 Å². The fraction of sp³-hybridized carbons (Fsp3) is 0.136. The minimum absolute atomic E-state index is 0.00526. The molecular formula is C22H22N2O5S. The molecule has 1 N–H and O–H groups in total. The van der Waals surface area contributed by atoms with Crippen LogP contribution >= 0.6 is 0 Å². The molecule has 0 saturated carbocycles. The average molecular weight is 426 g/mol. The Morgan fingerprint density at radius 1 is 0.833 bits per heavy atom. The summed E-state index contributed by atoms with van der Waals surface area (Å²) in [6, 6.07) is 13.3. The molecular weight excluding hydrogens is 404 g/mol. The smallest absolute Gasteiger partial charge is 0.265 e. The van der Waals surface area contributed by atoms with E-state index in [9.17, 15) is 8.42 Å². The van der Waals surface area contributed by atoms with Crippen molar-refractivity contribution in [3.63, 3.8) is 0 Å². The Bertz CT molecular complexity index is 1150. The predicted molar refractivity (Wildman–Crippen MR) is 117 cm³/mol. The average Bonchev–Trinajstić information content (AvgIpc) is 2.78. The quantitative estimate of drug-likeness (QED) is 0.584. The lowest BCUT2D eigenvalue weighted by molar-refractivity contribution is 0.386. The van der Waals surface area contributed by atoms with Crippen LogP contribution in [0, 0.1) is 0 Å². The number of sulfonamides is 1. The Hall–Kier alpha value is -3.52. The molecule has 0 bridgehead atoms. The third kappa shape index (κ3) is 4.90. The zero-order valence-corrected chi connectivity index (χ0v) is 17.6. The van der Waals surface area contributed by atoms with Gasteiger partial charge in [-0.2, -0.15) is 0 Å². The van der Waals surface area contributed by atoms with Crippen molar-refractivity contribution in [2.75, 3.05) is 26.1 Å². The molecule has 7 nitrogen and oxygen atoms in total. The fourth-order valence-electron chi connectivity index (χ4n) is 2.76. The van der Waals surface area contributed by atoms with E-state index in [1.54, 1.807) is 49.8 Å². The lowest BCUT2D eigenvalue weighted by Crippen LogP contribution is -2.15. The van der Waals surface area contributed by atoms with Crippen LogP contribution in [0.4, 0.5) is 5.69 Å². The Morgan fingerprint density at radius 2 is 1.50 bits per heavy atom. The number of methoxy groups -OCH3 is 3. The number of hydrogen-bond acceptors (Lipinski definition) is 6. The maximum atomic E-state index is 13.1. The summed E-state index contributed by atoms with van der Waals surface area (Å²) in [7, 11) is 0.539. The van der Waals surface area contributed by atoms with Crippen LogP contribution in [0.5, 0.6) is 17.2 Å². The van der Waals surface area contributed by atoms with Crippen LogP contribution < -0.4 is 18.9 Å². The number of ether oxygens (including phenoxy) is 3. The number of nitrogens with zero attached hydrogens (tertiary/aromatic N) is 1. The molecule has 0 amide bonds. The highest BCUT2D eigenvalue weighted by Crippen LogP contribution is 2.32. The van der Waals surface area contributed by atoms with Crippen LogP contribution in [-0.4, -0.2) is 34.7 Å². The standard InChI is InChI=1S/C22H22N2O5S/c1-27-18-6-8-20(17(14-18)5-4-16-10-12-23-13-11-16)24-30(25,26)22-9-7-19(28-2)15-21(22)29-3/h4-15,24H,1-3H3/b5-4+. The number of anilines is 1. The molecule has 0 aliphatic carbocycles. The summed E-state index contributed by atoms with van der Waals surface area (Å²) in [5.41, 5.74) is 1.97. The summed E-state index contributed by atoms with van der Waals surface area (Å²) in [5.74, 6) is 1.29. The molecule has 0 aliphatic heterocycles. The number of nitrogens with one attached hydrogen (secondary N) is 1. The zero-order valence-electron chi connectivity index (χ0n) is 16.8. The molecule has 1 aromatic heterocycles. The first-order chi connectivity index (χ1) is 14.5. The maximum Gasteiger partial charge on any atom is 0.265 e. The van der Waals surface area contributed by atoms with Crippen molar-refractivity contribution in [3.05, 3.63) is 72.1 Å². The first-order valence-electron chi connectivity index (χ1n) is 8.98. The van der Waals surface area contributed by atoms with Gasteiger partial charge >= 0.3 is 0 Å². The third-order valence-electron chi connectivity index (χ3n) is 4.32. The second-order valence-corrected chi connectivity index (χ2v) is 7.84. The number of rotatable bonds is 8. The van der Waals surface area contributed by atoms with Crippen molar-refractivity contribution in [1.29, 1.82) is 0 Å². The van der Waals surface area contributed by atoms with E-state index in [0.29, 0.717) is 22.7 Å². The van der Waals surface area contributed by atoms with Gasteiger partial charge in [-0.3, -0.25) is 9.71 Å². The van der Waals surface area contributed by atoms with Crippen molar-refractivity contribution >= 4 is 27.9 Å². The Labute approximate surface area is 176 Å². The van der Waals surface area contributed by atoms with Gasteiger partial charge in [-0.1, -0.05) is 12.2 Å². The highest BCUT2D eigenvalue weighted by molar-refractivity contribution is 7.92. The molecule has 30 heavy (non-hydrogen) atoms. The van der Waals surface area contributed by atoms with Gasteiger partial charge in [-0.25, -0.2) is 8.42 Å². The summed E-state index contributed by atoms with van der Waals surface area (Å²) in [5, 5.41) is 0. The van der Waals surface area contributed by atoms with Gasteiger partial charge in [-0.15, -0.1) is 0 Å². The first kappa shape index (κ1) is 21.2. The van der Waals surface area contributed by atoms with E-state index >= 15 is 0 Å². The van der Waals surface area contributed by atoms with Crippen molar-refractivity contribution in [1.82, 2.24) is 4.98 Å². The molecule has 0 fully saturated rings. The van der Waals surface area contributed by atoms with Gasteiger partial charge < -0.3 is 14.2 Å². The second kappa shape index (κ2) is 9.32. The van der Waals surface area contributed by atoms with E-state index in [2.05, 4.69) is 9.71 Å². The maximum absolute atomic E-state index is 13.1. The normalized spacial score (nSPS) is 11.3. The summed E-state index contributed by atoms with van der Waals surface area (Å²) in [6.45, 7) is 0. The monoisotopic (exact) mass is 426 g/mol. The van der Waals surface area contributed by atoms with Crippen LogP contribution in [0.15, 0.2) is 65.8 Å². The van der Waals surface area contributed by atoms with E-state index in [-0.39, 0.29) is 10.6 Å². The molecule has 156 valence electrons. The second-order valence-electron chi connectivity index (χ2n) is 6.19. The third-order valence-corrected chi connectivity index (χ3v) is 5.73. The summed E-state index contributed by atoms with van der Waals surface area (Å²) in [4.78, 5) is 3.99. The number of benzene rings is 2. The first-order valence-corrected chi connectivity index (χ1v) is 10.5. The van der Waals surface area contributed by atoms with Crippen molar-refractivity contribution in [2.45, 2.75) is 4.90 Å². The Balaban J connectivity index is 1.98. The van der Waals surface area contributed by atoms with Gasteiger partial charge in [0, 0.05) is 24.0 Å². The van der Waals surface area contributed by atoms with E-state index < -0.39 is 10.0 Å². The summed E-state index contributed by atoms with van der Waals surface area (Å²) >= 11 is 0. The van der Waals surface area contributed by atoms with Crippen LogP contribution in [-0.2, 0) is 10.0 Å². The predicted octanol–water partition coefficient (Wildman–Crippen LogP) is 4.08. The highest BCUT2D eigenvalue weighted by atomic mass is 32.2. The molecule has 0 spiro atoms. The minimum atomic E-state index is -3.92. The Kier molecular flexibility index (Phi) is 6.58. The van der Waals surface area contributed by atoms with E-state index in [1.807, 2.05) is 18.2 Å². The molecule has 2 aromatic carbocycles. The van der Waals surface area contributed by atoms with E-state index in [1.165, 1.54) is 26.4 Å². The topological polar surface area (TPSA) is 86.8 Å². The van der Waals surface area contributed by atoms with E-state index in [0.717, 1.165) is 5.56 Å². The van der Waals surface area contributed by atoms with Crippen molar-refractivity contribution in [2.24, 2.45) is 0 Å². The molecule has 3 rings (SSSR count). The molecule has 8 heteroatoms. The lowest BCUT2D eigenvalue weighted by atomic mass is 10.1. The molecule has 0 atom stereocenters. The van der Waals surface area contributed by atoms with Crippen LogP contribution in [0.25, 0.3) is 12.2 Å². The van der Waals surface area contributed by atoms with E-state index in [4.69, 9.17) is 14.2 Å². The van der Waals surface area contributed by atoms with Crippen LogP contribution in [0.1, 0.15) is 11.1 Å². The molecule has 0 unspecified atom stereocenters. The Morgan fingerprint density at radius 3 is 2.17 bits per heavy atom. The number of hydrogen-bond donors (Lipinski definition) is 1. The van der Waals surface area contributed by atoms with Gasteiger partial charge in [0.2, 0.25) is 0 Å². The van der Waals surface area contributed by atoms with Crippen LogP contribution in [0.3, 0.4) is 0 Å².